The van der Waals surface area contributed by atoms with E-state index in [1.165, 1.54) is 29.7 Å². The molecule has 1 aromatic heterocycles. The Hall–Kier alpha value is -4.44. The van der Waals surface area contributed by atoms with Crippen molar-refractivity contribution in [3.8, 4) is 0 Å². The zero-order chi connectivity index (χ0) is 27.8. The van der Waals surface area contributed by atoms with E-state index in [0.717, 1.165) is 16.3 Å². The molecule has 202 valence electrons. The largest absolute Gasteiger partial charge is 0.457 e. The van der Waals surface area contributed by atoms with Crippen molar-refractivity contribution in [1.82, 2.24) is 20.3 Å². The summed E-state index contributed by atoms with van der Waals surface area (Å²) in [6.45, 7) is 4.91. The number of fused-ring (bicyclic) bond motifs is 1. The maximum Gasteiger partial charge on any atom is 0.413 e. The van der Waals surface area contributed by atoms with Gasteiger partial charge in [-0.15, -0.1) is 11.3 Å². The molecule has 2 aliphatic heterocycles. The van der Waals surface area contributed by atoms with Gasteiger partial charge in [-0.2, -0.15) is 0 Å². The topological polar surface area (TPSA) is 169 Å². The van der Waals surface area contributed by atoms with Gasteiger partial charge in [-0.05, 0) is 0 Å². The van der Waals surface area contributed by atoms with Crippen LogP contribution in [-0.4, -0.2) is 96.5 Å². The molecular weight excluding hydrogens is 527 g/mol. The third-order valence-corrected chi connectivity index (χ3v) is 5.75. The lowest BCUT2D eigenvalue weighted by atomic mass is 10.1. The first kappa shape index (κ1) is 28.1. The molecule has 1 aromatic rings. The number of rotatable bonds is 12. The molecule has 0 bridgehead atoms. The van der Waals surface area contributed by atoms with Gasteiger partial charge in [0.05, 0.1) is 0 Å². The third-order valence-electron chi connectivity index (χ3n) is 5.00. The Bertz CT molecular complexity index is 1230. The Labute approximate surface area is 219 Å². The van der Waals surface area contributed by atoms with Gasteiger partial charge in [0.1, 0.15) is 32.1 Å². The molecule has 3 heterocycles. The monoisotopic (exact) mass is 550 g/mol. The first-order valence-corrected chi connectivity index (χ1v) is 11.7. The van der Waals surface area contributed by atoms with Crippen molar-refractivity contribution >= 4 is 51.8 Å². The minimum Gasteiger partial charge on any atom is -0.457 e. The van der Waals surface area contributed by atoms with Gasteiger partial charge >= 0.3 is 12.1 Å². The van der Waals surface area contributed by atoms with Crippen molar-refractivity contribution in [2.45, 2.75) is 6.04 Å². The SMILES string of the molecule is C=CCOC(=O)Nc1nc(/C(=N/OC)C(=O)N[C@@H]2CN3CC(C(=O)CF)=C(C(=O)OCC=C)N3C2=O)cs1. The fourth-order valence-electron chi connectivity index (χ4n) is 3.47. The van der Waals surface area contributed by atoms with Crippen LogP contribution in [0.15, 0.2) is 47.1 Å². The Morgan fingerprint density at radius 1 is 1.26 bits per heavy atom. The summed E-state index contributed by atoms with van der Waals surface area (Å²) in [5.41, 5.74) is -0.902. The molecule has 14 nitrogen and oxygen atoms in total. The molecule has 0 unspecified atom stereocenters. The molecule has 0 aliphatic carbocycles. The standard InChI is InChI=1S/C22H23FN6O8S/c1-4-6-36-20(33)17-12(15(30)8-23)9-28-10-13(19(32)29(17)28)24-18(31)16(27-35-3)14-11-38-21(25-14)26-22(34)37-7-5-2/h4-5,11,13H,1-2,6-10H2,3H3,(H,24,31)(H,25,26,34)/b27-16-/t13-/m1/s1. The van der Waals surface area contributed by atoms with E-state index in [0.29, 0.717) is 0 Å². The Morgan fingerprint density at radius 3 is 2.63 bits per heavy atom. The Kier molecular flexibility index (Phi) is 9.39. The number of halogens is 1. The number of Topliss-reactive ketones (excluding diaryl/α,β-unsaturated/α-hetero) is 1. The highest BCUT2D eigenvalue weighted by molar-refractivity contribution is 7.14. The molecule has 3 rings (SSSR count). The van der Waals surface area contributed by atoms with Crippen molar-refractivity contribution in [3.63, 3.8) is 0 Å². The minimum atomic E-state index is -1.36. The van der Waals surface area contributed by atoms with Gasteiger partial charge in [0.15, 0.2) is 29.0 Å². The van der Waals surface area contributed by atoms with Gasteiger partial charge in [-0.1, -0.05) is 30.5 Å². The average Bonchev–Trinajstić information content (AvgIpc) is 3.59. The van der Waals surface area contributed by atoms with Crippen molar-refractivity contribution in [1.29, 1.82) is 0 Å². The number of thiazole rings is 1. The number of amides is 3. The molecule has 3 amide bonds. The molecule has 2 N–H and O–H groups in total. The second-order valence-corrected chi connectivity index (χ2v) is 8.32. The zero-order valence-corrected chi connectivity index (χ0v) is 20.9. The van der Waals surface area contributed by atoms with Gasteiger partial charge in [0.2, 0.25) is 0 Å². The van der Waals surface area contributed by atoms with Crippen LogP contribution in [0, 0.1) is 0 Å². The maximum absolute atomic E-state index is 13.1. The number of nitrogens with one attached hydrogen (secondary N) is 2. The lowest BCUT2D eigenvalue weighted by Crippen LogP contribution is -2.46. The number of oxime groups is 1. The van der Waals surface area contributed by atoms with Crippen LogP contribution in [-0.2, 0) is 33.5 Å². The molecule has 0 saturated carbocycles. The number of hydrogen-bond acceptors (Lipinski definition) is 12. The normalized spacial score (nSPS) is 17.1. The van der Waals surface area contributed by atoms with Crippen molar-refractivity contribution in [2.75, 3.05) is 45.4 Å². The van der Waals surface area contributed by atoms with Crippen molar-refractivity contribution in [3.05, 3.63) is 47.7 Å². The van der Waals surface area contributed by atoms with E-state index < -0.39 is 48.1 Å². The molecule has 1 fully saturated rings. The number of ketones is 1. The first-order chi connectivity index (χ1) is 18.2. The number of hydrazine groups is 1. The number of anilines is 1. The lowest BCUT2D eigenvalue weighted by Gasteiger charge is -2.20. The second kappa shape index (κ2) is 12.7. The molecule has 38 heavy (non-hydrogen) atoms. The van der Waals surface area contributed by atoms with Crippen LogP contribution in [0.25, 0.3) is 0 Å². The zero-order valence-electron chi connectivity index (χ0n) is 20.1. The molecule has 1 saturated heterocycles. The lowest BCUT2D eigenvalue weighted by molar-refractivity contribution is -0.146. The highest BCUT2D eigenvalue weighted by Crippen LogP contribution is 2.31. The van der Waals surface area contributed by atoms with E-state index >= 15 is 0 Å². The first-order valence-electron chi connectivity index (χ1n) is 10.9. The fourth-order valence-corrected chi connectivity index (χ4v) is 4.15. The molecule has 0 radical (unpaired) electrons. The minimum absolute atomic E-state index is 0.0153. The summed E-state index contributed by atoms with van der Waals surface area (Å²) in [6.07, 6.45) is 1.89. The van der Waals surface area contributed by atoms with Crippen LogP contribution in [0.4, 0.5) is 14.3 Å². The second-order valence-electron chi connectivity index (χ2n) is 7.47. The van der Waals surface area contributed by atoms with Crippen LogP contribution in [0.1, 0.15) is 5.69 Å². The van der Waals surface area contributed by atoms with Crippen LogP contribution in [0.5, 0.6) is 0 Å². The summed E-state index contributed by atoms with van der Waals surface area (Å²) in [4.78, 5) is 71.4. The van der Waals surface area contributed by atoms with Gasteiger partial charge in [-0.3, -0.25) is 19.7 Å². The number of carbonyl (C=O) groups is 5. The smallest absolute Gasteiger partial charge is 0.413 e. The van der Waals surface area contributed by atoms with Crippen LogP contribution >= 0.6 is 11.3 Å². The molecule has 0 spiro atoms. The molecule has 1 atom stereocenters. The van der Waals surface area contributed by atoms with Crippen LogP contribution in [0.3, 0.4) is 0 Å². The molecular formula is C22H23FN6O8S. The molecule has 0 aromatic carbocycles. The maximum atomic E-state index is 13.1. The number of alkyl halides is 1. The summed E-state index contributed by atoms with van der Waals surface area (Å²) >= 11 is 0.979. The Morgan fingerprint density at radius 2 is 1.97 bits per heavy atom. The number of carbonyl (C=O) groups excluding carboxylic acids is 5. The summed E-state index contributed by atoms with van der Waals surface area (Å²) < 4.78 is 22.9. The molecule has 16 heteroatoms. The average molecular weight is 551 g/mol. The van der Waals surface area contributed by atoms with Gasteiger partial charge < -0.3 is 19.6 Å². The van der Waals surface area contributed by atoms with Crippen molar-refractivity contribution < 1.29 is 42.7 Å². The van der Waals surface area contributed by atoms with E-state index in [2.05, 4.69) is 33.9 Å². The number of ether oxygens (including phenoxy) is 2. The predicted molar refractivity (Wildman–Crippen MR) is 130 cm³/mol. The summed E-state index contributed by atoms with van der Waals surface area (Å²) in [5.74, 6) is -3.58. The van der Waals surface area contributed by atoms with Crippen LogP contribution in [0.2, 0.25) is 0 Å². The van der Waals surface area contributed by atoms with Crippen LogP contribution < -0.4 is 10.6 Å². The van der Waals surface area contributed by atoms with Crippen molar-refractivity contribution in [2.24, 2.45) is 5.16 Å². The molecule has 2 aliphatic rings. The number of aromatic nitrogens is 1. The fraction of sp³-hybridized carbons (Fsp3) is 0.318. The highest BCUT2D eigenvalue weighted by Gasteiger charge is 2.49. The van der Waals surface area contributed by atoms with E-state index in [9.17, 15) is 28.4 Å². The van der Waals surface area contributed by atoms with E-state index in [4.69, 9.17) is 14.3 Å². The number of hydrogen-bond donors (Lipinski definition) is 2. The number of esters is 1. The van der Waals surface area contributed by atoms with Gasteiger partial charge in [0.25, 0.3) is 11.8 Å². The quantitative estimate of drug-likeness (QED) is 0.160. The van der Waals surface area contributed by atoms with E-state index in [1.54, 1.807) is 0 Å². The summed E-state index contributed by atoms with van der Waals surface area (Å²) in [5, 5.41) is 12.3. The summed E-state index contributed by atoms with van der Waals surface area (Å²) in [7, 11) is 1.20. The van der Waals surface area contributed by atoms with E-state index in [1.807, 2.05) is 0 Å². The van der Waals surface area contributed by atoms with E-state index in [-0.39, 0.29) is 48.4 Å². The van der Waals surface area contributed by atoms with Gasteiger partial charge in [0, 0.05) is 24.0 Å². The third kappa shape index (κ3) is 6.09. The predicted octanol–water partition coefficient (Wildman–Crippen LogP) is 0.308. The van der Waals surface area contributed by atoms with Gasteiger partial charge in [-0.25, -0.2) is 29.0 Å². The highest BCUT2D eigenvalue weighted by atomic mass is 32.1. The number of nitrogens with zero attached hydrogens (tertiary/aromatic N) is 4. The summed E-state index contributed by atoms with van der Waals surface area (Å²) in [6, 6.07) is -1.17. The Balaban J connectivity index is 1.76.